The Morgan fingerprint density at radius 1 is 1.14 bits per heavy atom. The number of aliphatic hydroxyl groups is 1. The molecule has 6 nitrogen and oxygen atoms in total. The number of aliphatic hydroxyl groups excluding tert-OH is 1. The Morgan fingerprint density at radius 2 is 1.71 bits per heavy atom. The van der Waals surface area contributed by atoms with Gasteiger partial charge in [0.1, 0.15) is 11.9 Å². The van der Waals surface area contributed by atoms with Gasteiger partial charge in [-0.05, 0) is 26.7 Å². The maximum Gasteiger partial charge on any atom is 0.408 e. The number of nitrogens with zero attached hydrogens (tertiary/aromatic N) is 3. The van der Waals surface area contributed by atoms with Gasteiger partial charge in [0.05, 0.1) is 0 Å². The van der Waals surface area contributed by atoms with Gasteiger partial charge in [0, 0.05) is 18.0 Å². The van der Waals surface area contributed by atoms with Crippen LogP contribution in [0.15, 0.2) is 5.83 Å². The van der Waals surface area contributed by atoms with Crippen molar-refractivity contribution in [3.8, 4) is 0 Å². The molecule has 12 heteroatoms. The molecule has 1 unspecified atom stereocenters. The van der Waals surface area contributed by atoms with E-state index in [1.165, 1.54) is 6.92 Å². The van der Waals surface area contributed by atoms with Gasteiger partial charge in [0.2, 0.25) is 11.9 Å². The third-order valence-corrected chi connectivity index (χ3v) is 4.07. The van der Waals surface area contributed by atoms with Crippen LogP contribution in [0.5, 0.6) is 0 Å². The van der Waals surface area contributed by atoms with Crippen molar-refractivity contribution in [2.45, 2.75) is 70.3 Å². The van der Waals surface area contributed by atoms with Crippen LogP contribution in [0.2, 0.25) is 0 Å². The molecule has 28 heavy (non-hydrogen) atoms. The quantitative estimate of drug-likeness (QED) is 0.614. The number of allylic oxidation sites excluding steroid dienone is 1. The predicted octanol–water partition coefficient (Wildman–Crippen LogP) is 3.92. The Bertz CT molecular complexity index is 737. The molecule has 1 aliphatic carbocycles. The molecule has 3 N–H and O–H groups in total. The highest BCUT2D eigenvalue weighted by atomic mass is 19.4. The summed E-state index contributed by atoms with van der Waals surface area (Å²) in [5.41, 5.74) is -0.393. The van der Waals surface area contributed by atoms with Gasteiger partial charge in [0.25, 0.3) is 5.92 Å². The van der Waals surface area contributed by atoms with E-state index in [-0.39, 0.29) is 18.4 Å². The fourth-order valence-corrected chi connectivity index (χ4v) is 2.59. The van der Waals surface area contributed by atoms with Crippen LogP contribution in [0.25, 0.3) is 5.57 Å². The largest absolute Gasteiger partial charge is 0.408 e. The van der Waals surface area contributed by atoms with Crippen LogP contribution in [0, 0.1) is 0 Å². The third kappa shape index (κ3) is 5.03. The van der Waals surface area contributed by atoms with Crippen LogP contribution in [0.3, 0.4) is 0 Å². The van der Waals surface area contributed by atoms with Crippen molar-refractivity contribution in [2.24, 2.45) is 0 Å². The molecular formula is C16H21F6N5O. The molecule has 158 valence electrons. The van der Waals surface area contributed by atoms with E-state index in [1.54, 1.807) is 13.8 Å². The van der Waals surface area contributed by atoms with Crippen molar-refractivity contribution >= 4 is 17.5 Å². The van der Waals surface area contributed by atoms with Crippen molar-refractivity contribution < 1.29 is 31.4 Å². The molecule has 0 spiro atoms. The number of halogens is 6. The molecule has 0 fully saturated rings. The molecule has 0 saturated heterocycles. The molecule has 0 aromatic carbocycles. The van der Waals surface area contributed by atoms with E-state index >= 15 is 0 Å². The van der Waals surface area contributed by atoms with Gasteiger partial charge >= 0.3 is 6.18 Å². The fourth-order valence-electron chi connectivity index (χ4n) is 2.59. The highest BCUT2D eigenvalue weighted by molar-refractivity contribution is 5.66. The van der Waals surface area contributed by atoms with Crippen LogP contribution >= 0.6 is 0 Å². The Morgan fingerprint density at radius 3 is 2.21 bits per heavy atom. The second-order valence-corrected chi connectivity index (χ2v) is 6.74. The minimum Gasteiger partial charge on any atom is -0.380 e. The topological polar surface area (TPSA) is 83.0 Å². The first-order valence-corrected chi connectivity index (χ1v) is 8.65. The number of hydrogen-bond acceptors (Lipinski definition) is 6. The highest BCUT2D eigenvalue weighted by Crippen LogP contribution is 2.41. The van der Waals surface area contributed by atoms with Crippen molar-refractivity contribution in [1.82, 2.24) is 15.0 Å². The normalized spacial score (nSPS) is 21.0. The molecule has 1 aliphatic rings. The zero-order chi connectivity index (χ0) is 21.3. The summed E-state index contributed by atoms with van der Waals surface area (Å²) < 4.78 is 80.4. The lowest BCUT2D eigenvalue weighted by Gasteiger charge is -2.28. The molecule has 2 rings (SSSR count). The van der Waals surface area contributed by atoms with E-state index < -0.39 is 60.3 Å². The molecule has 0 bridgehead atoms. The van der Waals surface area contributed by atoms with Crippen molar-refractivity contribution in [3.05, 3.63) is 11.7 Å². The van der Waals surface area contributed by atoms with E-state index in [9.17, 15) is 31.4 Å². The monoisotopic (exact) mass is 413 g/mol. The van der Waals surface area contributed by atoms with Gasteiger partial charge in [-0.2, -0.15) is 28.1 Å². The predicted molar refractivity (Wildman–Crippen MR) is 90.6 cm³/mol. The molecule has 2 atom stereocenters. The first-order chi connectivity index (χ1) is 12.8. The third-order valence-electron chi connectivity index (χ3n) is 4.07. The maximum atomic E-state index is 14.3. The fraction of sp³-hybridized carbons (Fsp3) is 0.688. The van der Waals surface area contributed by atoms with Gasteiger partial charge in [-0.3, -0.25) is 0 Å². The summed E-state index contributed by atoms with van der Waals surface area (Å²) in [7, 11) is 0. The van der Waals surface area contributed by atoms with Crippen LogP contribution < -0.4 is 10.6 Å². The minimum atomic E-state index is -4.58. The van der Waals surface area contributed by atoms with E-state index in [4.69, 9.17) is 0 Å². The number of alkyl halides is 5. The number of nitrogens with one attached hydrogen (secondary N) is 2. The lowest BCUT2D eigenvalue weighted by atomic mass is 9.92. The summed E-state index contributed by atoms with van der Waals surface area (Å²) in [5, 5.41) is 14.4. The molecule has 0 radical (unpaired) electrons. The van der Waals surface area contributed by atoms with E-state index in [2.05, 4.69) is 25.6 Å². The van der Waals surface area contributed by atoms with E-state index in [0.29, 0.717) is 0 Å². The number of hydrogen-bond donors (Lipinski definition) is 3. The number of rotatable bonds is 6. The number of aromatic nitrogens is 3. The minimum absolute atomic E-state index is 0.147. The highest BCUT2D eigenvalue weighted by Gasteiger charge is 2.46. The van der Waals surface area contributed by atoms with Crippen molar-refractivity contribution in [1.29, 1.82) is 0 Å². The lowest BCUT2D eigenvalue weighted by Crippen LogP contribution is -2.38. The summed E-state index contributed by atoms with van der Waals surface area (Å²) in [6.45, 7) is 4.74. The van der Waals surface area contributed by atoms with Gasteiger partial charge in [-0.1, -0.05) is 6.92 Å². The summed E-state index contributed by atoms with van der Waals surface area (Å²) in [6.07, 6.45) is -8.90. The summed E-state index contributed by atoms with van der Waals surface area (Å²) >= 11 is 0. The zero-order valence-electron chi connectivity index (χ0n) is 15.4. The Kier molecular flexibility index (Phi) is 6.41. The van der Waals surface area contributed by atoms with Crippen LogP contribution in [-0.2, 0) is 0 Å². The van der Waals surface area contributed by atoms with Crippen LogP contribution in [-0.4, -0.2) is 50.3 Å². The second kappa shape index (κ2) is 8.10. The zero-order valence-corrected chi connectivity index (χ0v) is 15.4. The number of anilines is 2. The molecule has 1 aromatic heterocycles. The first-order valence-electron chi connectivity index (χ1n) is 8.65. The first kappa shape index (κ1) is 22.2. The maximum absolute atomic E-state index is 14.3. The van der Waals surface area contributed by atoms with E-state index in [1.807, 2.05) is 0 Å². The summed E-state index contributed by atoms with van der Waals surface area (Å²) in [6, 6.07) is -2.18. The van der Waals surface area contributed by atoms with Crippen molar-refractivity contribution in [3.63, 3.8) is 0 Å². The smallest absolute Gasteiger partial charge is 0.380 e. The Hall–Kier alpha value is -2.11. The molecule has 1 heterocycles. The van der Waals surface area contributed by atoms with E-state index in [0.717, 1.165) is 0 Å². The lowest BCUT2D eigenvalue weighted by molar-refractivity contribution is -0.143. The molecule has 0 amide bonds. The molecule has 0 aliphatic heterocycles. The SMILES string of the molecule is CC[C@@H](Nc1nc(NC(C)C)nc(C2=C(F)C(O)C(F)(F)CC2)n1)C(F)(F)F. The van der Waals surface area contributed by atoms with Gasteiger partial charge < -0.3 is 15.7 Å². The second-order valence-electron chi connectivity index (χ2n) is 6.74. The molecule has 0 saturated carbocycles. The molecule has 1 aromatic rings. The standard InChI is InChI=1S/C16H21F6N5O/c1-4-9(16(20,21)22)24-14-26-12(25-13(27-14)23-7(2)3)8-5-6-15(18,19)11(28)10(8)17/h7,9,11,28H,4-6H2,1-3H3,(H2,23,24,25,26,27)/t9-,11?/m1/s1. The van der Waals surface area contributed by atoms with Crippen LogP contribution in [0.4, 0.5) is 38.2 Å². The molecular weight excluding hydrogens is 392 g/mol. The van der Waals surface area contributed by atoms with Gasteiger partial charge in [0.15, 0.2) is 11.9 Å². The summed E-state index contributed by atoms with van der Waals surface area (Å²) in [4.78, 5) is 11.5. The Labute approximate surface area is 157 Å². The average Bonchev–Trinajstić information content (AvgIpc) is 2.56. The van der Waals surface area contributed by atoms with Gasteiger partial charge in [-0.15, -0.1) is 0 Å². The average molecular weight is 413 g/mol. The van der Waals surface area contributed by atoms with Crippen LogP contribution in [0.1, 0.15) is 45.9 Å². The summed E-state index contributed by atoms with van der Waals surface area (Å²) in [5.74, 6) is -6.20. The van der Waals surface area contributed by atoms with Crippen molar-refractivity contribution in [2.75, 3.05) is 10.6 Å². The van der Waals surface area contributed by atoms with Gasteiger partial charge in [-0.25, -0.2) is 13.2 Å². The Balaban J connectivity index is 2.48.